The lowest BCUT2D eigenvalue weighted by atomic mass is 10.1. The molecule has 1 aliphatic heterocycles. The summed E-state index contributed by atoms with van der Waals surface area (Å²) in [5.74, 6) is -0.428. The summed E-state index contributed by atoms with van der Waals surface area (Å²) in [6.07, 6.45) is 0. The first kappa shape index (κ1) is 11.1. The molecule has 0 spiro atoms. The molecule has 0 aromatic heterocycles. The molecular formula is C12H15FN2O. The highest BCUT2D eigenvalue weighted by Crippen LogP contribution is 2.11. The Morgan fingerprint density at radius 2 is 2.00 bits per heavy atom. The Morgan fingerprint density at radius 3 is 2.62 bits per heavy atom. The van der Waals surface area contributed by atoms with E-state index in [0.29, 0.717) is 18.7 Å². The average molecular weight is 222 g/mol. The van der Waals surface area contributed by atoms with Crippen LogP contribution in [0.4, 0.5) is 4.39 Å². The normalized spacial score (nSPS) is 16.2. The van der Waals surface area contributed by atoms with Gasteiger partial charge in [0.05, 0.1) is 0 Å². The fraction of sp³-hybridized carbons (Fsp3) is 0.417. The van der Waals surface area contributed by atoms with Crippen LogP contribution in [0.25, 0.3) is 0 Å². The number of carbonyl (C=O) groups excluding carboxylic acids is 1. The van der Waals surface area contributed by atoms with Crippen LogP contribution in [0.15, 0.2) is 18.2 Å². The summed E-state index contributed by atoms with van der Waals surface area (Å²) in [5, 5.41) is 3.18. The highest BCUT2D eigenvalue weighted by molar-refractivity contribution is 5.94. The van der Waals surface area contributed by atoms with Crippen LogP contribution in [0.1, 0.15) is 15.9 Å². The quantitative estimate of drug-likeness (QED) is 0.774. The van der Waals surface area contributed by atoms with Gasteiger partial charge in [-0.05, 0) is 30.7 Å². The Kier molecular flexibility index (Phi) is 3.19. The number of rotatable bonds is 1. The van der Waals surface area contributed by atoms with Crippen LogP contribution in [0, 0.1) is 12.7 Å². The minimum absolute atomic E-state index is 0.0795. The van der Waals surface area contributed by atoms with Gasteiger partial charge in [0.25, 0.3) is 5.91 Å². The minimum atomic E-state index is -0.349. The van der Waals surface area contributed by atoms with Crippen molar-refractivity contribution in [1.82, 2.24) is 10.2 Å². The molecule has 0 radical (unpaired) electrons. The zero-order valence-electron chi connectivity index (χ0n) is 9.29. The molecule has 1 aromatic carbocycles. The van der Waals surface area contributed by atoms with Crippen LogP contribution < -0.4 is 5.32 Å². The highest BCUT2D eigenvalue weighted by Gasteiger charge is 2.18. The van der Waals surface area contributed by atoms with Crippen LogP contribution in [-0.2, 0) is 0 Å². The predicted molar refractivity (Wildman–Crippen MR) is 59.9 cm³/mol. The molecule has 4 heteroatoms. The minimum Gasteiger partial charge on any atom is -0.336 e. The van der Waals surface area contributed by atoms with Crippen molar-refractivity contribution in [3.63, 3.8) is 0 Å². The summed E-state index contributed by atoms with van der Waals surface area (Å²) >= 11 is 0. The molecule has 16 heavy (non-hydrogen) atoms. The van der Waals surface area contributed by atoms with E-state index in [2.05, 4.69) is 5.32 Å². The number of benzene rings is 1. The van der Waals surface area contributed by atoms with E-state index >= 15 is 0 Å². The number of nitrogens with zero attached hydrogens (tertiary/aromatic N) is 1. The van der Waals surface area contributed by atoms with Gasteiger partial charge in [-0.15, -0.1) is 0 Å². The molecule has 0 saturated carbocycles. The third-order valence-electron chi connectivity index (χ3n) is 2.69. The number of nitrogens with one attached hydrogen (secondary N) is 1. The topological polar surface area (TPSA) is 32.3 Å². The molecule has 2 rings (SSSR count). The van der Waals surface area contributed by atoms with Gasteiger partial charge in [-0.2, -0.15) is 0 Å². The van der Waals surface area contributed by atoms with Crippen LogP contribution in [0.3, 0.4) is 0 Å². The maximum absolute atomic E-state index is 13.2. The van der Waals surface area contributed by atoms with E-state index < -0.39 is 0 Å². The first-order valence-electron chi connectivity index (χ1n) is 5.44. The Hall–Kier alpha value is -1.42. The average Bonchev–Trinajstić information content (AvgIpc) is 2.28. The zero-order valence-corrected chi connectivity index (χ0v) is 9.29. The lowest BCUT2D eigenvalue weighted by Crippen LogP contribution is -2.46. The lowest BCUT2D eigenvalue weighted by molar-refractivity contribution is 0.0735. The zero-order chi connectivity index (χ0) is 11.5. The maximum atomic E-state index is 13.2. The number of hydrogen-bond acceptors (Lipinski definition) is 2. The van der Waals surface area contributed by atoms with E-state index in [0.717, 1.165) is 18.7 Å². The van der Waals surface area contributed by atoms with Gasteiger partial charge in [-0.25, -0.2) is 4.39 Å². The van der Waals surface area contributed by atoms with Crippen molar-refractivity contribution in [2.24, 2.45) is 0 Å². The monoisotopic (exact) mass is 222 g/mol. The van der Waals surface area contributed by atoms with Gasteiger partial charge in [0.15, 0.2) is 0 Å². The van der Waals surface area contributed by atoms with E-state index in [4.69, 9.17) is 0 Å². The lowest BCUT2D eigenvalue weighted by Gasteiger charge is -2.27. The summed E-state index contributed by atoms with van der Waals surface area (Å²) in [6, 6.07) is 4.46. The molecule has 1 heterocycles. The fourth-order valence-corrected chi connectivity index (χ4v) is 1.91. The number of halogens is 1. The molecule has 0 atom stereocenters. The van der Waals surface area contributed by atoms with Crippen LogP contribution in [-0.4, -0.2) is 37.0 Å². The standard InChI is InChI=1S/C12H15FN2O/c1-9-6-10(8-11(13)7-9)12(16)15-4-2-14-3-5-15/h6-8,14H,2-5H2,1H3. The fourth-order valence-electron chi connectivity index (χ4n) is 1.91. The number of aryl methyl sites for hydroxylation is 1. The second-order valence-corrected chi connectivity index (χ2v) is 4.06. The third kappa shape index (κ3) is 2.39. The third-order valence-corrected chi connectivity index (χ3v) is 2.69. The van der Waals surface area contributed by atoms with Crippen molar-refractivity contribution in [1.29, 1.82) is 0 Å². The largest absolute Gasteiger partial charge is 0.336 e. The van der Waals surface area contributed by atoms with E-state index in [1.165, 1.54) is 12.1 Å². The summed E-state index contributed by atoms with van der Waals surface area (Å²) in [6.45, 7) is 4.78. The summed E-state index contributed by atoms with van der Waals surface area (Å²) in [5.41, 5.74) is 1.22. The SMILES string of the molecule is Cc1cc(F)cc(C(=O)N2CCNCC2)c1. The molecule has 1 saturated heterocycles. The van der Waals surface area contributed by atoms with Crippen LogP contribution in [0.5, 0.6) is 0 Å². The summed E-state index contributed by atoms with van der Waals surface area (Å²) in [4.78, 5) is 13.8. The van der Waals surface area contributed by atoms with E-state index in [9.17, 15) is 9.18 Å². The van der Waals surface area contributed by atoms with E-state index in [1.807, 2.05) is 0 Å². The number of piperazine rings is 1. The van der Waals surface area contributed by atoms with Gasteiger partial charge in [0.2, 0.25) is 0 Å². The predicted octanol–water partition coefficient (Wildman–Crippen LogP) is 1.18. The van der Waals surface area contributed by atoms with Crippen molar-refractivity contribution in [3.8, 4) is 0 Å². The molecule has 3 nitrogen and oxygen atoms in total. The molecule has 0 unspecified atom stereocenters. The Balaban J connectivity index is 2.19. The maximum Gasteiger partial charge on any atom is 0.254 e. The molecule has 1 aliphatic rings. The molecule has 86 valence electrons. The smallest absolute Gasteiger partial charge is 0.254 e. The van der Waals surface area contributed by atoms with Crippen molar-refractivity contribution in [2.45, 2.75) is 6.92 Å². The van der Waals surface area contributed by atoms with Crippen molar-refractivity contribution in [2.75, 3.05) is 26.2 Å². The van der Waals surface area contributed by atoms with Crippen LogP contribution >= 0.6 is 0 Å². The molecule has 0 aliphatic carbocycles. The molecule has 1 N–H and O–H groups in total. The summed E-state index contributed by atoms with van der Waals surface area (Å²) in [7, 11) is 0. The van der Waals surface area contributed by atoms with Crippen molar-refractivity contribution >= 4 is 5.91 Å². The van der Waals surface area contributed by atoms with Gasteiger partial charge in [-0.1, -0.05) is 0 Å². The molecular weight excluding hydrogens is 207 g/mol. The summed E-state index contributed by atoms with van der Waals surface area (Å²) < 4.78 is 13.2. The number of amides is 1. The first-order chi connectivity index (χ1) is 7.66. The molecule has 1 fully saturated rings. The molecule has 1 aromatic rings. The van der Waals surface area contributed by atoms with Gasteiger partial charge in [0.1, 0.15) is 5.82 Å². The highest BCUT2D eigenvalue weighted by atomic mass is 19.1. The Morgan fingerprint density at radius 1 is 1.31 bits per heavy atom. The van der Waals surface area contributed by atoms with Gasteiger partial charge in [-0.3, -0.25) is 4.79 Å². The second-order valence-electron chi connectivity index (χ2n) is 4.06. The van der Waals surface area contributed by atoms with Gasteiger partial charge in [0, 0.05) is 31.7 Å². The van der Waals surface area contributed by atoms with Gasteiger partial charge >= 0.3 is 0 Å². The Bertz CT molecular complexity index is 380. The second kappa shape index (κ2) is 4.61. The van der Waals surface area contributed by atoms with Crippen molar-refractivity contribution in [3.05, 3.63) is 35.1 Å². The van der Waals surface area contributed by atoms with Crippen LogP contribution in [0.2, 0.25) is 0 Å². The Labute approximate surface area is 94.3 Å². The number of carbonyl (C=O) groups is 1. The first-order valence-corrected chi connectivity index (χ1v) is 5.44. The molecule has 1 amide bonds. The number of hydrogen-bond donors (Lipinski definition) is 1. The van der Waals surface area contributed by atoms with Gasteiger partial charge < -0.3 is 10.2 Å². The van der Waals surface area contributed by atoms with E-state index in [-0.39, 0.29) is 11.7 Å². The van der Waals surface area contributed by atoms with E-state index in [1.54, 1.807) is 17.9 Å². The molecule has 0 bridgehead atoms. The van der Waals surface area contributed by atoms with Crippen molar-refractivity contribution < 1.29 is 9.18 Å².